The van der Waals surface area contributed by atoms with Crippen LogP contribution in [0.4, 0.5) is 11.5 Å². The molecule has 0 radical (unpaired) electrons. The molecule has 21 heavy (non-hydrogen) atoms. The van der Waals surface area contributed by atoms with E-state index >= 15 is 0 Å². The predicted octanol–water partition coefficient (Wildman–Crippen LogP) is 4.13. The summed E-state index contributed by atoms with van der Waals surface area (Å²) in [4.78, 5) is 15.8. The summed E-state index contributed by atoms with van der Waals surface area (Å²) in [5.41, 5.74) is 1.21. The standard InChI is InChI=1S/C15H13N3O2S/c1-10-11-5-2-3-7-13(11)21-14(10)9-17-15-12(18(19)20)6-4-8-16-15/h2-8H,9H2,1H3,(H,16,17). The number of nitro groups is 1. The highest BCUT2D eigenvalue weighted by Gasteiger charge is 2.15. The minimum atomic E-state index is -0.423. The van der Waals surface area contributed by atoms with Crippen LogP contribution in [0.1, 0.15) is 10.4 Å². The second kappa shape index (κ2) is 5.49. The molecule has 1 aromatic carbocycles. The SMILES string of the molecule is Cc1c(CNc2ncccc2[N+](=O)[O-])sc2ccccc12. The summed E-state index contributed by atoms with van der Waals surface area (Å²) in [6.07, 6.45) is 1.55. The van der Waals surface area contributed by atoms with Crippen molar-refractivity contribution in [3.63, 3.8) is 0 Å². The summed E-state index contributed by atoms with van der Waals surface area (Å²) >= 11 is 1.70. The number of nitrogens with zero attached hydrogens (tertiary/aromatic N) is 2. The number of pyridine rings is 1. The third-order valence-corrected chi connectivity index (χ3v) is 4.61. The molecule has 2 heterocycles. The van der Waals surface area contributed by atoms with Crippen LogP contribution >= 0.6 is 11.3 Å². The van der Waals surface area contributed by atoms with Crippen LogP contribution in [-0.2, 0) is 6.54 Å². The molecule has 0 atom stereocenters. The highest BCUT2D eigenvalue weighted by Crippen LogP contribution is 2.31. The number of rotatable bonds is 4. The van der Waals surface area contributed by atoms with Crippen LogP contribution in [0.2, 0.25) is 0 Å². The van der Waals surface area contributed by atoms with E-state index in [-0.39, 0.29) is 5.69 Å². The molecule has 0 spiro atoms. The number of aryl methyl sites for hydroxylation is 1. The Hall–Kier alpha value is -2.47. The summed E-state index contributed by atoms with van der Waals surface area (Å²) in [7, 11) is 0. The van der Waals surface area contributed by atoms with E-state index in [9.17, 15) is 10.1 Å². The Balaban J connectivity index is 1.87. The third kappa shape index (κ3) is 2.57. The molecular formula is C15H13N3O2S. The van der Waals surface area contributed by atoms with Crippen LogP contribution in [0.15, 0.2) is 42.6 Å². The average Bonchev–Trinajstić information content (AvgIpc) is 2.82. The average molecular weight is 299 g/mol. The quantitative estimate of drug-likeness (QED) is 0.581. The molecule has 0 saturated heterocycles. The van der Waals surface area contributed by atoms with Crippen LogP contribution in [0, 0.1) is 17.0 Å². The number of aromatic nitrogens is 1. The molecule has 106 valence electrons. The van der Waals surface area contributed by atoms with Crippen molar-refractivity contribution in [1.82, 2.24) is 4.98 Å². The molecule has 1 N–H and O–H groups in total. The number of benzene rings is 1. The Kier molecular flexibility index (Phi) is 3.53. The van der Waals surface area contributed by atoms with Crippen molar-refractivity contribution in [3.8, 4) is 0 Å². The molecule has 0 aliphatic carbocycles. The molecule has 0 fully saturated rings. The largest absolute Gasteiger partial charge is 0.359 e. The molecule has 6 heteroatoms. The van der Waals surface area contributed by atoms with Gasteiger partial charge in [0.05, 0.1) is 11.5 Å². The summed E-state index contributed by atoms with van der Waals surface area (Å²) in [6, 6.07) is 11.2. The Morgan fingerprint density at radius 2 is 2.10 bits per heavy atom. The lowest BCUT2D eigenvalue weighted by Crippen LogP contribution is -2.04. The molecular weight excluding hydrogens is 286 g/mol. The fourth-order valence-electron chi connectivity index (χ4n) is 2.24. The maximum atomic E-state index is 11.0. The van der Waals surface area contributed by atoms with Gasteiger partial charge in [-0.2, -0.15) is 0 Å². The van der Waals surface area contributed by atoms with Gasteiger partial charge < -0.3 is 5.32 Å². The van der Waals surface area contributed by atoms with Gasteiger partial charge >= 0.3 is 5.69 Å². The van der Waals surface area contributed by atoms with E-state index in [0.29, 0.717) is 12.4 Å². The molecule has 0 saturated carbocycles. The first-order valence-electron chi connectivity index (χ1n) is 6.47. The summed E-state index contributed by atoms with van der Waals surface area (Å²) in [5, 5.41) is 15.3. The number of hydrogen-bond acceptors (Lipinski definition) is 5. The summed E-state index contributed by atoms with van der Waals surface area (Å²) in [5.74, 6) is 0.305. The highest BCUT2D eigenvalue weighted by atomic mass is 32.1. The van der Waals surface area contributed by atoms with Gasteiger partial charge in [0.25, 0.3) is 0 Å². The van der Waals surface area contributed by atoms with E-state index in [2.05, 4.69) is 29.4 Å². The van der Waals surface area contributed by atoms with E-state index in [4.69, 9.17) is 0 Å². The second-order valence-corrected chi connectivity index (χ2v) is 5.76. The minimum Gasteiger partial charge on any atom is -0.359 e. The number of hydrogen-bond donors (Lipinski definition) is 1. The van der Waals surface area contributed by atoms with Gasteiger partial charge in [0.1, 0.15) is 0 Å². The van der Waals surface area contributed by atoms with Crippen molar-refractivity contribution in [2.24, 2.45) is 0 Å². The Morgan fingerprint density at radius 1 is 1.29 bits per heavy atom. The maximum absolute atomic E-state index is 11.0. The van der Waals surface area contributed by atoms with Crippen molar-refractivity contribution in [1.29, 1.82) is 0 Å². The van der Waals surface area contributed by atoms with Gasteiger partial charge in [-0.25, -0.2) is 4.98 Å². The monoisotopic (exact) mass is 299 g/mol. The van der Waals surface area contributed by atoms with Gasteiger partial charge in [-0.3, -0.25) is 10.1 Å². The zero-order valence-corrected chi connectivity index (χ0v) is 12.2. The van der Waals surface area contributed by atoms with E-state index in [0.717, 1.165) is 4.88 Å². The van der Waals surface area contributed by atoms with Gasteiger partial charge in [0, 0.05) is 21.8 Å². The van der Waals surface area contributed by atoms with Crippen molar-refractivity contribution in [2.75, 3.05) is 5.32 Å². The summed E-state index contributed by atoms with van der Waals surface area (Å²) < 4.78 is 1.22. The first kappa shape index (κ1) is 13.5. The molecule has 3 rings (SSSR count). The predicted molar refractivity (Wildman–Crippen MR) is 84.8 cm³/mol. The van der Waals surface area contributed by atoms with E-state index in [1.165, 1.54) is 21.7 Å². The van der Waals surface area contributed by atoms with Crippen LogP contribution < -0.4 is 5.32 Å². The van der Waals surface area contributed by atoms with Crippen molar-refractivity contribution < 1.29 is 4.92 Å². The number of anilines is 1. The van der Waals surface area contributed by atoms with Crippen LogP contribution in [0.25, 0.3) is 10.1 Å². The Morgan fingerprint density at radius 3 is 2.86 bits per heavy atom. The number of fused-ring (bicyclic) bond motifs is 1. The highest BCUT2D eigenvalue weighted by molar-refractivity contribution is 7.19. The molecule has 0 bridgehead atoms. The lowest BCUT2D eigenvalue weighted by molar-refractivity contribution is -0.384. The lowest BCUT2D eigenvalue weighted by Gasteiger charge is -2.05. The normalized spacial score (nSPS) is 10.7. The minimum absolute atomic E-state index is 0.00346. The summed E-state index contributed by atoms with van der Waals surface area (Å²) in [6.45, 7) is 2.60. The first-order valence-corrected chi connectivity index (χ1v) is 7.29. The maximum Gasteiger partial charge on any atom is 0.311 e. The molecule has 0 aliphatic rings. The third-order valence-electron chi connectivity index (χ3n) is 3.34. The molecule has 5 nitrogen and oxygen atoms in total. The number of thiophene rings is 1. The molecule has 2 aromatic heterocycles. The zero-order valence-electron chi connectivity index (χ0n) is 11.4. The van der Waals surface area contributed by atoms with Gasteiger partial charge in [0.2, 0.25) is 5.82 Å². The lowest BCUT2D eigenvalue weighted by atomic mass is 10.1. The van der Waals surface area contributed by atoms with Gasteiger partial charge in [-0.1, -0.05) is 18.2 Å². The van der Waals surface area contributed by atoms with Crippen molar-refractivity contribution in [3.05, 3.63) is 63.1 Å². The fourth-order valence-corrected chi connectivity index (χ4v) is 3.39. The van der Waals surface area contributed by atoms with E-state index < -0.39 is 4.92 Å². The number of nitrogens with one attached hydrogen (secondary N) is 1. The van der Waals surface area contributed by atoms with Gasteiger partial charge in [-0.05, 0) is 30.0 Å². The molecule has 0 aliphatic heterocycles. The van der Waals surface area contributed by atoms with Crippen molar-refractivity contribution in [2.45, 2.75) is 13.5 Å². The Labute approximate surface area is 125 Å². The Bertz CT molecular complexity index is 814. The van der Waals surface area contributed by atoms with Crippen LogP contribution in [0.3, 0.4) is 0 Å². The zero-order chi connectivity index (χ0) is 14.8. The van der Waals surface area contributed by atoms with E-state index in [1.807, 2.05) is 12.1 Å². The molecule has 0 unspecified atom stereocenters. The second-order valence-electron chi connectivity index (χ2n) is 4.63. The van der Waals surface area contributed by atoms with Crippen LogP contribution in [-0.4, -0.2) is 9.91 Å². The van der Waals surface area contributed by atoms with Crippen LogP contribution in [0.5, 0.6) is 0 Å². The first-order chi connectivity index (χ1) is 10.2. The fraction of sp³-hybridized carbons (Fsp3) is 0.133. The van der Waals surface area contributed by atoms with Crippen molar-refractivity contribution >= 4 is 32.9 Å². The molecule has 0 amide bonds. The topological polar surface area (TPSA) is 68.1 Å². The smallest absolute Gasteiger partial charge is 0.311 e. The molecule has 3 aromatic rings. The van der Waals surface area contributed by atoms with E-state index in [1.54, 1.807) is 23.6 Å². The van der Waals surface area contributed by atoms with Gasteiger partial charge in [-0.15, -0.1) is 11.3 Å². The van der Waals surface area contributed by atoms with Gasteiger partial charge in [0.15, 0.2) is 0 Å².